The first-order valence-corrected chi connectivity index (χ1v) is 7.72. The van der Waals surface area contributed by atoms with E-state index in [0.717, 1.165) is 12.8 Å². The Hall–Kier alpha value is -2.69. The molecule has 0 N–H and O–H groups in total. The Bertz CT molecular complexity index is 740. The average molecular weight is 330 g/mol. The number of carbonyl (C=O) groups excluding carboxylic acids is 2. The molecule has 0 heterocycles. The van der Waals surface area contributed by atoms with Gasteiger partial charge < -0.3 is 9.47 Å². The van der Waals surface area contributed by atoms with Crippen LogP contribution in [0.3, 0.4) is 0 Å². The van der Waals surface area contributed by atoms with Crippen LogP contribution in [0.15, 0.2) is 42.5 Å². The summed E-state index contributed by atoms with van der Waals surface area (Å²) in [5.41, 5.74) is 0.459. The Labute approximate surface area is 140 Å². The van der Waals surface area contributed by atoms with Crippen molar-refractivity contribution in [2.75, 3.05) is 13.7 Å². The Morgan fingerprint density at radius 2 is 1.83 bits per heavy atom. The van der Waals surface area contributed by atoms with Crippen molar-refractivity contribution in [2.24, 2.45) is 0 Å². The van der Waals surface area contributed by atoms with Gasteiger partial charge in [-0.3, -0.25) is 4.79 Å². The Balaban J connectivity index is 2.37. The minimum Gasteiger partial charge on any atom is -0.493 e. The molecule has 0 fully saturated rings. The lowest BCUT2D eigenvalue weighted by Gasteiger charge is -2.12. The summed E-state index contributed by atoms with van der Waals surface area (Å²) in [6.07, 6.45) is 1.74. The molecular formula is C19H19FO4. The number of methoxy groups -OCH3 is 1. The van der Waals surface area contributed by atoms with Crippen molar-refractivity contribution in [3.8, 4) is 5.75 Å². The number of esters is 1. The third-order valence-electron chi connectivity index (χ3n) is 3.52. The van der Waals surface area contributed by atoms with E-state index in [9.17, 15) is 14.0 Å². The second-order valence-electron chi connectivity index (χ2n) is 5.21. The van der Waals surface area contributed by atoms with Gasteiger partial charge >= 0.3 is 5.97 Å². The predicted molar refractivity (Wildman–Crippen MR) is 88.0 cm³/mol. The maximum atomic E-state index is 13.8. The van der Waals surface area contributed by atoms with Gasteiger partial charge in [0.1, 0.15) is 17.1 Å². The molecule has 0 aliphatic heterocycles. The summed E-state index contributed by atoms with van der Waals surface area (Å²) in [5.74, 6) is -1.35. The first-order valence-electron chi connectivity index (χ1n) is 7.72. The molecule has 0 atom stereocenters. The summed E-state index contributed by atoms with van der Waals surface area (Å²) in [7, 11) is 1.27. The van der Waals surface area contributed by atoms with E-state index in [1.807, 2.05) is 6.92 Å². The molecule has 4 nitrogen and oxygen atoms in total. The third kappa shape index (κ3) is 3.98. The van der Waals surface area contributed by atoms with Gasteiger partial charge in [0.25, 0.3) is 0 Å². The van der Waals surface area contributed by atoms with E-state index in [0.29, 0.717) is 6.61 Å². The highest BCUT2D eigenvalue weighted by atomic mass is 19.1. The molecule has 5 heteroatoms. The summed E-state index contributed by atoms with van der Waals surface area (Å²) in [4.78, 5) is 24.3. The van der Waals surface area contributed by atoms with Gasteiger partial charge in [0, 0.05) is 5.56 Å². The molecule has 0 radical (unpaired) electrons. The smallest absolute Gasteiger partial charge is 0.341 e. The van der Waals surface area contributed by atoms with Crippen LogP contribution in [0.1, 0.15) is 46.0 Å². The fourth-order valence-electron chi connectivity index (χ4n) is 2.19. The number of ketones is 1. The van der Waals surface area contributed by atoms with Crippen LogP contribution in [0, 0.1) is 5.82 Å². The topological polar surface area (TPSA) is 52.6 Å². The molecule has 2 rings (SSSR count). The fourth-order valence-corrected chi connectivity index (χ4v) is 2.19. The number of rotatable bonds is 7. The van der Waals surface area contributed by atoms with Gasteiger partial charge in [0.2, 0.25) is 0 Å². The highest BCUT2D eigenvalue weighted by Gasteiger charge is 2.19. The molecule has 0 aliphatic rings. The number of carbonyl (C=O) groups is 2. The highest BCUT2D eigenvalue weighted by molar-refractivity contribution is 6.10. The van der Waals surface area contributed by atoms with Gasteiger partial charge in [-0.25, -0.2) is 9.18 Å². The number of ether oxygens (including phenoxy) is 2. The van der Waals surface area contributed by atoms with Crippen LogP contribution in [0.2, 0.25) is 0 Å². The van der Waals surface area contributed by atoms with Gasteiger partial charge in [-0.1, -0.05) is 25.5 Å². The third-order valence-corrected chi connectivity index (χ3v) is 3.52. The lowest BCUT2D eigenvalue weighted by molar-refractivity contribution is 0.0595. The molecule has 0 spiro atoms. The van der Waals surface area contributed by atoms with Gasteiger partial charge in [0.05, 0.1) is 19.3 Å². The van der Waals surface area contributed by atoms with E-state index >= 15 is 0 Å². The van der Waals surface area contributed by atoms with E-state index in [1.165, 1.54) is 43.5 Å². The summed E-state index contributed by atoms with van der Waals surface area (Å²) in [6.45, 7) is 2.43. The maximum absolute atomic E-state index is 13.8. The molecule has 0 aliphatic carbocycles. The maximum Gasteiger partial charge on any atom is 0.341 e. The SMILES string of the molecule is CCCCOc1cc(C(=O)c2ccccc2F)ccc1C(=O)OC. The van der Waals surface area contributed by atoms with E-state index in [2.05, 4.69) is 0 Å². The van der Waals surface area contributed by atoms with E-state index in [4.69, 9.17) is 9.47 Å². The van der Waals surface area contributed by atoms with Crippen LogP contribution in [-0.2, 0) is 4.74 Å². The van der Waals surface area contributed by atoms with Crippen LogP contribution in [-0.4, -0.2) is 25.5 Å². The quantitative estimate of drug-likeness (QED) is 0.437. The van der Waals surface area contributed by atoms with Crippen LogP contribution in [0.25, 0.3) is 0 Å². The molecule has 126 valence electrons. The van der Waals surface area contributed by atoms with Crippen molar-refractivity contribution >= 4 is 11.8 Å². The molecule has 0 saturated heterocycles. The molecule has 0 unspecified atom stereocenters. The number of hydrogen-bond acceptors (Lipinski definition) is 4. The lowest BCUT2D eigenvalue weighted by atomic mass is 10.0. The number of unbranched alkanes of at least 4 members (excludes halogenated alkanes) is 1. The van der Waals surface area contributed by atoms with Crippen molar-refractivity contribution in [2.45, 2.75) is 19.8 Å². The van der Waals surface area contributed by atoms with Crippen LogP contribution in [0.4, 0.5) is 4.39 Å². The summed E-state index contributed by atoms with van der Waals surface area (Å²) in [6, 6.07) is 10.1. The Morgan fingerprint density at radius 3 is 2.50 bits per heavy atom. The first-order chi connectivity index (χ1) is 11.6. The van der Waals surface area contributed by atoms with Crippen molar-refractivity contribution in [3.63, 3.8) is 0 Å². The standard InChI is InChI=1S/C19H19FO4/c1-3-4-11-24-17-12-13(9-10-15(17)19(22)23-2)18(21)14-7-5-6-8-16(14)20/h5-10,12H,3-4,11H2,1-2H3. The molecule has 0 amide bonds. The molecule has 0 aromatic heterocycles. The van der Waals surface area contributed by atoms with Gasteiger partial charge in [-0.05, 0) is 36.8 Å². The Morgan fingerprint density at radius 1 is 1.08 bits per heavy atom. The molecule has 2 aromatic rings. The van der Waals surface area contributed by atoms with Crippen molar-refractivity contribution in [1.82, 2.24) is 0 Å². The van der Waals surface area contributed by atoms with Crippen LogP contribution in [0.5, 0.6) is 5.75 Å². The predicted octanol–water partition coefficient (Wildman–Crippen LogP) is 4.02. The van der Waals surface area contributed by atoms with E-state index < -0.39 is 17.6 Å². The van der Waals surface area contributed by atoms with Crippen LogP contribution < -0.4 is 4.74 Å². The molecular weight excluding hydrogens is 311 g/mol. The number of halogens is 1. The summed E-state index contributed by atoms with van der Waals surface area (Å²) in [5, 5.41) is 0. The number of hydrogen-bond donors (Lipinski definition) is 0. The van der Waals surface area contributed by atoms with Gasteiger partial charge in [0.15, 0.2) is 5.78 Å². The average Bonchev–Trinajstić information content (AvgIpc) is 2.61. The molecule has 0 bridgehead atoms. The zero-order valence-electron chi connectivity index (χ0n) is 13.7. The zero-order valence-corrected chi connectivity index (χ0v) is 13.7. The molecule has 24 heavy (non-hydrogen) atoms. The number of benzene rings is 2. The van der Waals surface area contributed by atoms with Crippen molar-refractivity contribution in [3.05, 3.63) is 65.0 Å². The summed E-state index contributed by atoms with van der Waals surface area (Å²) < 4.78 is 24.1. The van der Waals surface area contributed by atoms with E-state index in [-0.39, 0.29) is 22.4 Å². The highest BCUT2D eigenvalue weighted by Crippen LogP contribution is 2.24. The Kier molecular flexibility index (Phi) is 6.07. The minimum absolute atomic E-state index is 0.0252. The van der Waals surface area contributed by atoms with E-state index in [1.54, 1.807) is 6.07 Å². The van der Waals surface area contributed by atoms with Crippen molar-refractivity contribution < 1.29 is 23.5 Å². The molecule has 0 saturated carbocycles. The monoisotopic (exact) mass is 330 g/mol. The van der Waals surface area contributed by atoms with Gasteiger partial charge in [-0.15, -0.1) is 0 Å². The molecule has 2 aromatic carbocycles. The van der Waals surface area contributed by atoms with Crippen molar-refractivity contribution in [1.29, 1.82) is 0 Å². The first kappa shape index (κ1) is 17.7. The summed E-state index contributed by atoms with van der Waals surface area (Å²) >= 11 is 0. The van der Waals surface area contributed by atoms with Gasteiger partial charge in [-0.2, -0.15) is 0 Å². The fraction of sp³-hybridized carbons (Fsp3) is 0.263. The normalized spacial score (nSPS) is 10.3. The largest absolute Gasteiger partial charge is 0.493 e. The second-order valence-corrected chi connectivity index (χ2v) is 5.21. The second kappa shape index (κ2) is 8.24. The lowest BCUT2D eigenvalue weighted by Crippen LogP contribution is -2.10. The minimum atomic E-state index is -0.590. The zero-order chi connectivity index (χ0) is 17.5. The van der Waals surface area contributed by atoms with Crippen LogP contribution >= 0.6 is 0 Å².